The summed E-state index contributed by atoms with van der Waals surface area (Å²) in [6.07, 6.45) is 0. The van der Waals surface area contributed by atoms with Crippen LogP contribution in [0, 0.1) is 23.3 Å². The van der Waals surface area contributed by atoms with Gasteiger partial charge in [0.25, 0.3) is 0 Å². The fourth-order valence-corrected chi connectivity index (χ4v) is 1.70. The maximum atomic E-state index is 13.5. The van der Waals surface area contributed by atoms with Gasteiger partial charge in [-0.3, -0.25) is 0 Å². The molecule has 110 valence electrons. The maximum Gasteiger partial charge on any atom is 0.335 e. The molecule has 2 N–H and O–H groups in total. The zero-order valence-electron chi connectivity index (χ0n) is 10.5. The van der Waals surface area contributed by atoms with Gasteiger partial charge in [0.2, 0.25) is 0 Å². The lowest BCUT2D eigenvalue weighted by Gasteiger charge is -2.09. The molecular weight excluding hydrogens is 290 g/mol. The van der Waals surface area contributed by atoms with E-state index in [9.17, 15) is 22.4 Å². The molecule has 0 fully saturated rings. The standard InChI is InChI=1S/C14H9F4NO2/c15-9-2-1-8(14(20)21)5-12(9)19-6-7-3-10(16)13(18)11(17)4-7/h1-5,19H,6H2,(H,20,21). The normalized spacial score (nSPS) is 10.5. The van der Waals surface area contributed by atoms with E-state index in [1.54, 1.807) is 0 Å². The van der Waals surface area contributed by atoms with Gasteiger partial charge in [0.05, 0.1) is 11.3 Å². The molecule has 0 spiro atoms. The number of aromatic carboxylic acids is 1. The van der Waals surface area contributed by atoms with Gasteiger partial charge in [0.15, 0.2) is 17.5 Å². The van der Waals surface area contributed by atoms with Gasteiger partial charge in [-0.15, -0.1) is 0 Å². The second-order valence-electron chi connectivity index (χ2n) is 4.23. The lowest BCUT2D eigenvalue weighted by atomic mass is 10.1. The minimum absolute atomic E-state index is 0.0477. The average molecular weight is 299 g/mol. The lowest BCUT2D eigenvalue weighted by Crippen LogP contribution is -2.05. The van der Waals surface area contributed by atoms with Crippen LogP contribution in [0.2, 0.25) is 0 Å². The molecule has 0 radical (unpaired) electrons. The van der Waals surface area contributed by atoms with Crippen molar-refractivity contribution in [2.75, 3.05) is 5.32 Å². The van der Waals surface area contributed by atoms with E-state index < -0.39 is 29.2 Å². The Balaban J connectivity index is 2.20. The van der Waals surface area contributed by atoms with Crippen LogP contribution in [0.1, 0.15) is 15.9 Å². The fraction of sp³-hybridized carbons (Fsp3) is 0.0714. The number of rotatable bonds is 4. The van der Waals surface area contributed by atoms with Crippen LogP contribution in [0.3, 0.4) is 0 Å². The van der Waals surface area contributed by atoms with Crippen molar-refractivity contribution in [3.05, 3.63) is 64.7 Å². The molecule has 0 saturated carbocycles. The van der Waals surface area contributed by atoms with Gasteiger partial charge in [-0.05, 0) is 35.9 Å². The lowest BCUT2D eigenvalue weighted by molar-refractivity contribution is 0.0697. The van der Waals surface area contributed by atoms with Crippen LogP contribution in [0.5, 0.6) is 0 Å². The third-order valence-corrected chi connectivity index (χ3v) is 2.74. The number of carboxylic acids is 1. The van der Waals surface area contributed by atoms with Crippen LogP contribution in [0.25, 0.3) is 0 Å². The number of nitrogens with one attached hydrogen (secondary N) is 1. The van der Waals surface area contributed by atoms with E-state index in [1.807, 2.05) is 0 Å². The summed E-state index contributed by atoms with van der Waals surface area (Å²) in [5, 5.41) is 11.3. The molecule has 0 aliphatic heterocycles. The van der Waals surface area contributed by atoms with E-state index >= 15 is 0 Å². The van der Waals surface area contributed by atoms with Crippen molar-refractivity contribution < 1.29 is 27.5 Å². The fourth-order valence-electron chi connectivity index (χ4n) is 1.70. The summed E-state index contributed by atoms with van der Waals surface area (Å²) >= 11 is 0. The van der Waals surface area contributed by atoms with Crippen LogP contribution in [-0.2, 0) is 6.54 Å². The Morgan fingerprint density at radius 2 is 1.62 bits per heavy atom. The van der Waals surface area contributed by atoms with Crippen LogP contribution in [0.15, 0.2) is 30.3 Å². The minimum atomic E-state index is -1.59. The highest BCUT2D eigenvalue weighted by atomic mass is 19.2. The summed E-state index contributed by atoms with van der Waals surface area (Å²) in [4.78, 5) is 10.8. The molecule has 2 aromatic carbocycles. The van der Waals surface area contributed by atoms with E-state index in [-0.39, 0.29) is 23.4 Å². The molecule has 2 rings (SSSR count). The molecule has 0 amide bonds. The Morgan fingerprint density at radius 3 is 2.19 bits per heavy atom. The largest absolute Gasteiger partial charge is 0.478 e. The zero-order valence-corrected chi connectivity index (χ0v) is 10.5. The Morgan fingerprint density at radius 1 is 1.00 bits per heavy atom. The number of hydrogen-bond acceptors (Lipinski definition) is 2. The van der Waals surface area contributed by atoms with Gasteiger partial charge >= 0.3 is 5.97 Å². The van der Waals surface area contributed by atoms with Crippen LogP contribution < -0.4 is 5.32 Å². The third-order valence-electron chi connectivity index (χ3n) is 2.74. The second-order valence-corrected chi connectivity index (χ2v) is 4.23. The Hall–Kier alpha value is -2.57. The smallest absolute Gasteiger partial charge is 0.335 e. The monoisotopic (exact) mass is 299 g/mol. The number of hydrogen-bond donors (Lipinski definition) is 2. The third kappa shape index (κ3) is 3.31. The highest BCUT2D eigenvalue weighted by molar-refractivity contribution is 5.88. The molecular formula is C14H9F4NO2. The number of carboxylic acid groups (broad SMARTS) is 1. The molecule has 3 nitrogen and oxygen atoms in total. The maximum absolute atomic E-state index is 13.5. The molecule has 0 aromatic heterocycles. The van der Waals surface area contributed by atoms with Crippen LogP contribution in [0.4, 0.5) is 23.2 Å². The van der Waals surface area contributed by atoms with Crippen molar-refractivity contribution >= 4 is 11.7 Å². The topological polar surface area (TPSA) is 49.3 Å². The van der Waals surface area contributed by atoms with E-state index in [2.05, 4.69) is 5.32 Å². The summed E-state index contributed by atoms with van der Waals surface area (Å²) in [5.74, 6) is -6.25. The molecule has 2 aromatic rings. The van der Waals surface area contributed by atoms with E-state index in [0.717, 1.165) is 30.3 Å². The van der Waals surface area contributed by atoms with Crippen molar-refractivity contribution in [1.82, 2.24) is 0 Å². The van der Waals surface area contributed by atoms with Gasteiger partial charge in [-0.1, -0.05) is 0 Å². The predicted octanol–water partition coefficient (Wildman–Crippen LogP) is 3.55. The van der Waals surface area contributed by atoms with Crippen molar-refractivity contribution in [2.24, 2.45) is 0 Å². The van der Waals surface area contributed by atoms with Crippen LogP contribution in [-0.4, -0.2) is 11.1 Å². The number of benzene rings is 2. The minimum Gasteiger partial charge on any atom is -0.478 e. The van der Waals surface area contributed by atoms with Gasteiger partial charge in [-0.25, -0.2) is 22.4 Å². The summed E-state index contributed by atoms with van der Waals surface area (Å²) in [6, 6.07) is 4.63. The first-order valence-electron chi connectivity index (χ1n) is 5.78. The molecule has 0 saturated heterocycles. The molecule has 0 bridgehead atoms. The first kappa shape index (κ1) is 14.8. The van der Waals surface area contributed by atoms with Crippen molar-refractivity contribution in [3.63, 3.8) is 0 Å². The molecule has 0 atom stereocenters. The number of anilines is 1. The van der Waals surface area contributed by atoms with Crippen molar-refractivity contribution in [1.29, 1.82) is 0 Å². The van der Waals surface area contributed by atoms with Crippen LogP contribution >= 0.6 is 0 Å². The summed E-state index contributed by atoms with van der Waals surface area (Å²) in [7, 11) is 0. The second kappa shape index (κ2) is 5.82. The molecule has 0 aliphatic rings. The van der Waals surface area contributed by atoms with E-state index in [1.165, 1.54) is 0 Å². The zero-order chi connectivity index (χ0) is 15.6. The van der Waals surface area contributed by atoms with Crippen molar-refractivity contribution in [2.45, 2.75) is 6.54 Å². The van der Waals surface area contributed by atoms with Crippen molar-refractivity contribution in [3.8, 4) is 0 Å². The molecule has 7 heteroatoms. The molecule has 0 aliphatic carbocycles. The summed E-state index contributed by atoms with van der Waals surface area (Å²) in [6.45, 7) is -0.200. The summed E-state index contributed by atoms with van der Waals surface area (Å²) in [5.41, 5.74) is -0.234. The van der Waals surface area contributed by atoms with Gasteiger partial charge in [0.1, 0.15) is 5.82 Å². The highest BCUT2D eigenvalue weighted by Crippen LogP contribution is 2.19. The summed E-state index contributed by atoms with van der Waals surface area (Å²) < 4.78 is 52.3. The number of halogens is 4. The van der Waals surface area contributed by atoms with Gasteiger partial charge in [0, 0.05) is 6.54 Å². The SMILES string of the molecule is O=C(O)c1ccc(F)c(NCc2cc(F)c(F)c(F)c2)c1. The quantitative estimate of drug-likeness (QED) is 0.670. The Bertz CT molecular complexity index is 680. The van der Waals surface area contributed by atoms with Gasteiger partial charge < -0.3 is 10.4 Å². The highest BCUT2D eigenvalue weighted by Gasteiger charge is 2.12. The first-order chi connectivity index (χ1) is 9.88. The predicted molar refractivity (Wildman–Crippen MR) is 67.0 cm³/mol. The van der Waals surface area contributed by atoms with E-state index in [0.29, 0.717) is 0 Å². The Labute approximate surface area is 116 Å². The van der Waals surface area contributed by atoms with E-state index in [4.69, 9.17) is 5.11 Å². The Kier molecular flexibility index (Phi) is 4.11. The molecule has 21 heavy (non-hydrogen) atoms. The number of carbonyl (C=O) groups is 1. The first-order valence-corrected chi connectivity index (χ1v) is 5.78. The average Bonchev–Trinajstić information content (AvgIpc) is 2.43. The molecule has 0 heterocycles. The van der Waals surface area contributed by atoms with Gasteiger partial charge in [-0.2, -0.15) is 0 Å². The molecule has 0 unspecified atom stereocenters.